The Labute approximate surface area is 81.5 Å². The van der Waals surface area contributed by atoms with Crippen molar-refractivity contribution in [3.63, 3.8) is 0 Å². The predicted molar refractivity (Wildman–Crippen MR) is 56.0 cm³/mol. The molecule has 0 radical (unpaired) electrons. The van der Waals surface area contributed by atoms with Crippen molar-refractivity contribution in [1.82, 2.24) is 0 Å². The lowest BCUT2D eigenvalue weighted by molar-refractivity contribution is 0.318. The third-order valence-corrected chi connectivity index (χ3v) is 2.78. The van der Waals surface area contributed by atoms with Crippen LogP contribution in [0.15, 0.2) is 41.6 Å². The van der Waals surface area contributed by atoms with Crippen molar-refractivity contribution < 1.29 is 5.21 Å². The maximum atomic E-state index is 8.88. The highest BCUT2D eigenvalue weighted by Gasteiger charge is 2.19. The summed E-state index contributed by atoms with van der Waals surface area (Å²) in [6.07, 6.45) is 0.743. The molecule has 1 N–H and O–H groups in total. The van der Waals surface area contributed by atoms with Crippen LogP contribution in [0, 0.1) is 0 Å². The summed E-state index contributed by atoms with van der Waals surface area (Å²) in [6.45, 7) is 0. The Hall–Kier alpha value is -1.83. The SMILES string of the molecule is O/N=C1\Cc2cccc3cccc1c23. The highest BCUT2D eigenvalue weighted by atomic mass is 16.4. The van der Waals surface area contributed by atoms with Crippen LogP contribution in [0.4, 0.5) is 0 Å². The lowest BCUT2D eigenvalue weighted by atomic mass is 10.1. The number of benzene rings is 2. The van der Waals surface area contributed by atoms with Crippen LogP contribution >= 0.6 is 0 Å². The molecule has 0 fully saturated rings. The van der Waals surface area contributed by atoms with Crippen LogP contribution in [0.3, 0.4) is 0 Å². The van der Waals surface area contributed by atoms with E-state index >= 15 is 0 Å². The Bertz CT molecular complexity index is 538. The summed E-state index contributed by atoms with van der Waals surface area (Å²) in [4.78, 5) is 0. The maximum absolute atomic E-state index is 8.88. The Kier molecular flexibility index (Phi) is 1.39. The number of nitrogens with zero attached hydrogens (tertiary/aromatic N) is 1. The van der Waals surface area contributed by atoms with Crippen molar-refractivity contribution in [2.24, 2.45) is 5.16 Å². The predicted octanol–water partition coefficient (Wildman–Crippen LogP) is 2.57. The summed E-state index contributed by atoms with van der Waals surface area (Å²) >= 11 is 0. The first-order valence-corrected chi connectivity index (χ1v) is 4.62. The van der Waals surface area contributed by atoms with Crippen LogP contribution < -0.4 is 0 Å². The molecule has 0 spiro atoms. The molecule has 1 aliphatic carbocycles. The lowest BCUT2D eigenvalue weighted by Gasteiger charge is -1.99. The molecule has 2 heteroatoms. The van der Waals surface area contributed by atoms with E-state index in [2.05, 4.69) is 23.4 Å². The summed E-state index contributed by atoms with van der Waals surface area (Å²) in [5, 5.41) is 14.7. The fourth-order valence-electron chi connectivity index (χ4n) is 2.17. The van der Waals surface area contributed by atoms with E-state index in [9.17, 15) is 0 Å². The lowest BCUT2D eigenvalue weighted by Crippen LogP contribution is -1.96. The quantitative estimate of drug-likeness (QED) is 0.494. The zero-order valence-electron chi connectivity index (χ0n) is 7.57. The summed E-state index contributed by atoms with van der Waals surface area (Å²) in [5.74, 6) is 0. The molecular weight excluding hydrogens is 174 g/mol. The standard InChI is InChI=1S/C12H9NO/c14-13-11-7-9-5-1-3-8-4-2-6-10(11)12(8)9/h1-6,14H,7H2/b13-11+. The summed E-state index contributed by atoms with van der Waals surface area (Å²) < 4.78 is 0. The minimum Gasteiger partial charge on any atom is -0.411 e. The van der Waals surface area contributed by atoms with Gasteiger partial charge in [0.25, 0.3) is 0 Å². The van der Waals surface area contributed by atoms with Crippen LogP contribution in [0.2, 0.25) is 0 Å². The van der Waals surface area contributed by atoms with Crippen molar-refractivity contribution in [3.8, 4) is 0 Å². The number of oxime groups is 1. The van der Waals surface area contributed by atoms with Crippen LogP contribution in [0.25, 0.3) is 10.8 Å². The van der Waals surface area contributed by atoms with Crippen LogP contribution in [0.5, 0.6) is 0 Å². The molecule has 3 rings (SSSR count). The minimum absolute atomic E-state index is 0.743. The Balaban J connectivity index is 2.50. The van der Waals surface area contributed by atoms with Gasteiger partial charge in [0, 0.05) is 12.0 Å². The van der Waals surface area contributed by atoms with E-state index in [0.29, 0.717) is 0 Å². The molecule has 0 amide bonds. The van der Waals surface area contributed by atoms with Crippen LogP contribution in [-0.4, -0.2) is 10.9 Å². The van der Waals surface area contributed by atoms with Crippen molar-refractivity contribution in [2.75, 3.05) is 0 Å². The molecule has 2 aromatic rings. The van der Waals surface area contributed by atoms with E-state index in [1.165, 1.54) is 16.3 Å². The van der Waals surface area contributed by atoms with Gasteiger partial charge in [-0.25, -0.2) is 0 Å². The molecule has 2 aromatic carbocycles. The van der Waals surface area contributed by atoms with E-state index in [1.807, 2.05) is 18.2 Å². The zero-order chi connectivity index (χ0) is 9.54. The van der Waals surface area contributed by atoms with Gasteiger partial charge in [-0.15, -0.1) is 0 Å². The van der Waals surface area contributed by atoms with Gasteiger partial charge in [-0.1, -0.05) is 41.6 Å². The topological polar surface area (TPSA) is 32.6 Å². The molecule has 1 aliphatic rings. The Morgan fingerprint density at radius 1 is 1.07 bits per heavy atom. The first kappa shape index (κ1) is 7.56. The van der Waals surface area contributed by atoms with Gasteiger partial charge in [0.1, 0.15) is 0 Å². The average Bonchev–Trinajstić information content (AvgIpc) is 2.60. The second-order valence-corrected chi connectivity index (χ2v) is 3.54. The smallest absolute Gasteiger partial charge is 0.0918 e. The van der Waals surface area contributed by atoms with Gasteiger partial charge in [0.2, 0.25) is 0 Å². The molecule has 14 heavy (non-hydrogen) atoms. The maximum Gasteiger partial charge on any atom is 0.0918 e. The van der Waals surface area contributed by atoms with E-state index in [1.54, 1.807) is 0 Å². The Morgan fingerprint density at radius 3 is 2.64 bits per heavy atom. The van der Waals surface area contributed by atoms with E-state index < -0.39 is 0 Å². The molecular formula is C12H9NO. The van der Waals surface area contributed by atoms with Gasteiger partial charge in [0.15, 0.2) is 0 Å². The van der Waals surface area contributed by atoms with Gasteiger partial charge < -0.3 is 5.21 Å². The van der Waals surface area contributed by atoms with E-state index in [0.717, 1.165) is 17.7 Å². The summed E-state index contributed by atoms with van der Waals surface area (Å²) in [5.41, 5.74) is 3.10. The van der Waals surface area contributed by atoms with Gasteiger partial charge in [-0.05, 0) is 16.3 Å². The number of hydrogen-bond donors (Lipinski definition) is 1. The van der Waals surface area contributed by atoms with Crippen molar-refractivity contribution >= 4 is 16.5 Å². The van der Waals surface area contributed by atoms with Gasteiger partial charge in [-0.2, -0.15) is 0 Å². The molecule has 0 bridgehead atoms. The first-order valence-electron chi connectivity index (χ1n) is 4.62. The molecule has 0 aromatic heterocycles. The van der Waals surface area contributed by atoms with Gasteiger partial charge in [-0.3, -0.25) is 0 Å². The third-order valence-electron chi connectivity index (χ3n) is 2.78. The number of rotatable bonds is 0. The van der Waals surface area contributed by atoms with Crippen LogP contribution in [0.1, 0.15) is 11.1 Å². The monoisotopic (exact) mass is 183 g/mol. The van der Waals surface area contributed by atoms with Crippen molar-refractivity contribution in [3.05, 3.63) is 47.5 Å². The first-order chi connectivity index (χ1) is 6.90. The van der Waals surface area contributed by atoms with Crippen molar-refractivity contribution in [2.45, 2.75) is 6.42 Å². The largest absolute Gasteiger partial charge is 0.411 e. The molecule has 0 unspecified atom stereocenters. The number of hydrogen-bond acceptors (Lipinski definition) is 2. The van der Waals surface area contributed by atoms with Gasteiger partial charge >= 0.3 is 0 Å². The summed E-state index contributed by atoms with van der Waals surface area (Å²) in [6, 6.07) is 12.3. The fourth-order valence-corrected chi connectivity index (χ4v) is 2.17. The van der Waals surface area contributed by atoms with E-state index in [4.69, 9.17) is 5.21 Å². The van der Waals surface area contributed by atoms with Crippen LogP contribution in [-0.2, 0) is 6.42 Å². The zero-order valence-corrected chi connectivity index (χ0v) is 7.57. The summed E-state index contributed by atoms with van der Waals surface area (Å²) in [7, 11) is 0. The van der Waals surface area contributed by atoms with Crippen molar-refractivity contribution in [1.29, 1.82) is 0 Å². The molecule has 68 valence electrons. The minimum atomic E-state index is 0.743. The second-order valence-electron chi connectivity index (χ2n) is 3.54. The molecule has 0 saturated carbocycles. The third kappa shape index (κ3) is 0.826. The molecule has 0 heterocycles. The highest BCUT2D eigenvalue weighted by molar-refractivity contribution is 6.17. The molecule has 2 nitrogen and oxygen atoms in total. The highest BCUT2D eigenvalue weighted by Crippen LogP contribution is 2.30. The van der Waals surface area contributed by atoms with Gasteiger partial charge in [0.05, 0.1) is 5.71 Å². The second kappa shape index (κ2) is 2.58. The molecule has 0 atom stereocenters. The molecule has 0 saturated heterocycles. The normalized spacial score (nSPS) is 16.7. The fraction of sp³-hybridized carbons (Fsp3) is 0.0833. The average molecular weight is 183 g/mol. The Morgan fingerprint density at radius 2 is 1.86 bits per heavy atom. The molecule has 0 aliphatic heterocycles. The van der Waals surface area contributed by atoms with E-state index in [-0.39, 0.29) is 0 Å².